The number of aliphatic hydroxyl groups is 1. The number of fused-ring (bicyclic) bond motifs is 1. The first-order valence-corrected chi connectivity index (χ1v) is 9.08. The molecule has 0 fully saturated rings. The molecule has 1 aliphatic heterocycles. The summed E-state index contributed by atoms with van der Waals surface area (Å²) < 4.78 is 54.0. The molecule has 2 aromatic heterocycles. The average molecular weight is 420 g/mol. The molecule has 1 amide bonds. The molecule has 0 spiro atoms. The minimum atomic E-state index is -4.64. The molecule has 0 aliphatic carbocycles. The Labute approximate surface area is 168 Å². The van der Waals surface area contributed by atoms with Gasteiger partial charge in [0.05, 0.1) is 23.4 Å². The fourth-order valence-corrected chi connectivity index (χ4v) is 3.52. The van der Waals surface area contributed by atoms with Crippen molar-refractivity contribution >= 4 is 5.91 Å². The SMILES string of the molecule is O=C1NCCc2c1c(CO)nn2-c1cc(Cc2cc(F)cc(C(F)(F)F)c2)ccn1. The molecule has 2 N–H and O–H groups in total. The van der Waals surface area contributed by atoms with Crippen LogP contribution in [0.3, 0.4) is 0 Å². The van der Waals surface area contributed by atoms with Gasteiger partial charge in [-0.25, -0.2) is 14.1 Å². The van der Waals surface area contributed by atoms with Crippen molar-refractivity contribution in [3.8, 4) is 5.82 Å². The number of nitrogens with zero attached hydrogens (tertiary/aromatic N) is 3. The van der Waals surface area contributed by atoms with E-state index in [1.165, 1.54) is 10.9 Å². The third-order valence-corrected chi connectivity index (χ3v) is 4.80. The number of hydrogen-bond acceptors (Lipinski definition) is 4. The van der Waals surface area contributed by atoms with Crippen molar-refractivity contribution in [1.29, 1.82) is 0 Å². The zero-order chi connectivity index (χ0) is 21.5. The number of amides is 1. The van der Waals surface area contributed by atoms with Gasteiger partial charge in [-0.2, -0.15) is 18.3 Å². The molecule has 4 rings (SSSR count). The van der Waals surface area contributed by atoms with Gasteiger partial charge in [-0.05, 0) is 47.9 Å². The van der Waals surface area contributed by atoms with Crippen LogP contribution < -0.4 is 5.32 Å². The molecule has 1 aromatic carbocycles. The van der Waals surface area contributed by atoms with Gasteiger partial charge in [0, 0.05) is 19.2 Å². The maximum Gasteiger partial charge on any atom is 0.416 e. The molecule has 3 heterocycles. The third-order valence-electron chi connectivity index (χ3n) is 4.80. The molecule has 10 heteroatoms. The van der Waals surface area contributed by atoms with E-state index in [1.54, 1.807) is 12.1 Å². The van der Waals surface area contributed by atoms with E-state index in [0.717, 1.165) is 12.1 Å². The highest BCUT2D eigenvalue weighted by molar-refractivity contribution is 5.97. The second kappa shape index (κ2) is 7.52. The minimum Gasteiger partial charge on any atom is -0.390 e. The largest absolute Gasteiger partial charge is 0.416 e. The fourth-order valence-electron chi connectivity index (χ4n) is 3.52. The number of aliphatic hydroxyl groups excluding tert-OH is 1. The monoisotopic (exact) mass is 420 g/mol. The van der Waals surface area contributed by atoms with Crippen LogP contribution in [0.5, 0.6) is 0 Å². The molecule has 1 aliphatic rings. The van der Waals surface area contributed by atoms with E-state index in [9.17, 15) is 27.5 Å². The van der Waals surface area contributed by atoms with Gasteiger partial charge in [0.25, 0.3) is 5.91 Å². The predicted octanol–water partition coefficient (Wildman–Crippen LogP) is 2.79. The van der Waals surface area contributed by atoms with Crippen molar-refractivity contribution in [3.63, 3.8) is 0 Å². The summed E-state index contributed by atoms with van der Waals surface area (Å²) in [5.74, 6) is -0.943. The van der Waals surface area contributed by atoms with Gasteiger partial charge >= 0.3 is 6.18 Å². The van der Waals surface area contributed by atoms with Gasteiger partial charge in [0.2, 0.25) is 0 Å². The van der Waals surface area contributed by atoms with Crippen LogP contribution in [-0.2, 0) is 25.6 Å². The lowest BCUT2D eigenvalue weighted by atomic mass is 10.0. The Hall–Kier alpha value is -3.27. The summed E-state index contributed by atoms with van der Waals surface area (Å²) in [6, 6.07) is 5.64. The first-order chi connectivity index (χ1) is 14.3. The Morgan fingerprint density at radius 2 is 1.97 bits per heavy atom. The van der Waals surface area contributed by atoms with E-state index in [2.05, 4.69) is 15.4 Å². The smallest absolute Gasteiger partial charge is 0.390 e. The Balaban J connectivity index is 1.70. The van der Waals surface area contributed by atoms with Gasteiger partial charge in [0.1, 0.15) is 11.5 Å². The van der Waals surface area contributed by atoms with Crippen LogP contribution in [0.1, 0.15) is 38.4 Å². The van der Waals surface area contributed by atoms with Crippen LogP contribution in [-0.4, -0.2) is 32.3 Å². The van der Waals surface area contributed by atoms with Crippen molar-refractivity contribution in [3.05, 3.63) is 76.0 Å². The zero-order valence-electron chi connectivity index (χ0n) is 15.5. The van der Waals surface area contributed by atoms with E-state index in [0.29, 0.717) is 41.7 Å². The molecule has 0 atom stereocenters. The summed E-state index contributed by atoms with van der Waals surface area (Å²) in [5.41, 5.74) is 0.820. The standard InChI is InChI=1S/C20H16F4N4O2/c21-14-7-12(6-13(9-14)20(22,23)24)5-11-1-3-25-17(8-11)28-16-2-4-26-19(30)18(16)15(10-29)27-28/h1,3,6-9,29H,2,4-5,10H2,(H,26,30). The Morgan fingerprint density at radius 1 is 1.17 bits per heavy atom. The summed E-state index contributed by atoms with van der Waals surface area (Å²) >= 11 is 0. The average Bonchev–Trinajstić information content (AvgIpc) is 3.07. The van der Waals surface area contributed by atoms with Gasteiger partial charge in [-0.15, -0.1) is 0 Å². The van der Waals surface area contributed by atoms with Crippen molar-refractivity contribution in [1.82, 2.24) is 20.1 Å². The fraction of sp³-hybridized carbons (Fsp3) is 0.250. The van der Waals surface area contributed by atoms with E-state index >= 15 is 0 Å². The van der Waals surface area contributed by atoms with Crippen molar-refractivity contribution < 1.29 is 27.5 Å². The van der Waals surface area contributed by atoms with E-state index < -0.39 is 24.2 Å². The van der Waals surface area contributed by atoms with Crippen LogP contribution >= 0.6 is 0 Å². The third kappa shape index (κ3) is 3.78. The molecule has 30 heavy (non-hydrogen) atoms. The summed E-state index contributed by atoms with van der Waals surface area (Å²) in [7, 11) is 0. The highest BCUT2D eigenvalue weighted by Crippen LogP contribution is 2.31. The number of aromatic nitrogens is 3. The van der Waals surface area contributed by atoms with Crippen molar-refractivity contribution in [2.75, 3.05) is 6.54 Å². The first kappa shape index (κ1) is 20.0. The highest BCUT2D eigenvalue weighted by atomic mass is 19.4. The molecule has 0 saturated carbocycles. The second-order valence-electron chi connectivity index (χ2n) is 6.89. The predicted molar refractivity (Wildman–Crippen MR) is 97.5 cm³/mol. The Bertz CT molecular complexity index is 1120. The second-order valence-corrected chi connectivity index (χ2v) is 6.89. The van der Waals surface area contributed by atoms with Gasteiger partial charge in [-0.3, -0.25) is 4.79 Å². The van der Waals surface area contributed by atoms with E-state index in [4.69, 9.17) is 0 Å². The number of pyridine rings is 1. The Morgan fingerprint density at radius 3 is 2.70 bits per heavy atom. The van der Waals surface area contributed by atoms with Gasteiger partial charge < -0.3 is 10.4 Å². The molecule has 156 valence electrons. The number of benzene rings is 1. The van der Waals surface area contributed by atoms with Crippen LogP contribution in [0.25, 0.3) is 5.82 Å². The lowest BCUT2D eigenvalue weighted by molar-refractivity contribution is -0.137. The number of carbonyl (C=O) groups excluding carboxylic acids is 1. The van der Waals surface area contributed by atoms with Gasteiger partial charge in [0.15, 0.2) is 5.82 Å². The molecule has 3 aromatic rings. The maximum absolute atomic E-state index is 13.7. The number of halogens is 4. The molecular weight excluding hydrogens is 404 g/mol. The number of alkyl halides is 3. The van der Waals surface area contributed by atoms with Crippen molar-refractivity contribution in [2.45, 2.75) is 25.6 Å². The molecule has 0 saturated heterocycles. The first-order valence-electron chi connectivity index (χ1n) is 9.08. The number of nitrogens with one attached hydrogen (secondary N) is 1. The summed E-state index contributed by atoms with van der Waals surface area (Å²) in [5, 5.41) is 16.5. The van der Waals surface area contributed by atoms with E-state index in [1.807, 2.05) is 0 Å². The lowest BCUT2D eigenvalue weighted by Gasteiger charge is -2.15. The van der Waals surface area contributed by atoms with E-state index in [-0.39, 0.29) is 23.6 Å². The number of hydrogen-bond donors (Lipinski definition) is 2. The molecule has 6 nitrogen and oxygen atoms in total. The molecule has 0 unspecified atom stereocenters. The van der Waals surface area contributed by atoms with Gasteiger partial charge in [-0.1, -0.05) is 0 Å². The molecular formula is C20H16F4N4O2. The molecule has 0 bridgehead atoms. The maximum atomic E-state index is 13.7. The minimum absolute atomic E-state index is 0.0488. The summed E-state index contributed by atoms with van der Waals surface area (Å²) in [6.45, 7) is -0.0163. The molecule has 0 radical (unpaired) electrons. The summed E-state index contributed by atoms with van der Waals surface area (Å²) in [4.78, 5) is 16.4. The topological polar surface area (TPSA) is 80.0 Å². The number of rotatable bonds is 4. The van der Waals surface area contributed by atoms with Crippen molar-refractivity contribution in [2.24, 2.45) is 0 Å². The normalized spacial score (nSPS) is 13.8. The summed E-state index contributed by atoms with van der Waals surface area (Å²) in [6.07, 6.45) is -2.65. The van der Waals surface area contributed by atoms with Crippen LogP contribution in [0.2, 0.25) is 0 Å². The van der Waals surface area contributed by atoms with Crippen LogP contribution in [0, 0.1) is 5.82 Å². The van der Waals surface area contributed by atoms with Crippen LogP contribution in [0.4, 0.5) is 17.6 Å². The number of carbonyl (C=O) groups is 1. The highest BCUT2D eigenvalue weighted by Gasteiger charge is 2.31. The zero-order valence-corrected chi connectivity index (χ0v) is 15.5. The van der Waals surface area contributed by atoms with Crippen LogP contribution in [0.15, 0.2) is 36.5 Å². The quantitative estimate of drug-likeness (QED) is 0.637. The lowest BCUT2D eigenvalue weighted by Crippen LogP contribution is -2.32. The Kier molecular flexibility index (Phi) is 5.02.